The number of carbonyl (C=O) groups is 1. The summed E-state index contributed by atoms with van der Waals surface area (Å²) in [5, 5.41) is 0. The second-order valence-corrected chi connectivity index (χ2v) is 11.2. The maximum Gasteiger partial charge on any atom is 0.337 e. The number of aryl methyl sites for hydroxylation is 1. The summed E-state index contributed by atoms with van der Waals surface area (Å²) >= 11 is 3.60. The summed E-state index contributed by atoms with van der Waals surface area (Å²) in [6, 6.07) is 33.3. The Labute approximate surface area is 238 Å². The summed E-state index contributed by atoms with van der Waals surface area (Å²) in [6.45, 7) is 2.77. The van der Waals surface area contributed by atoms with Gasteiger partial charge in [-0.05, 0) is 72.5 Å². The number of fused-ring (bicyclic) bond motifs is 5. The van der Waals surface area contributed by atoms with Crippen LogP contribution in [0.25, 0.3) is 0 Å². The Morgan fingerprint density at radius 1 is 0.949 bits per heavy atom. The van der Waals surface area contributed by atoms with Crippen LogP contribution in [0.5, 0.6) is 5.75 Å². The van der Waals surface area contributed by atoms with Gasteiger partial charge in [-0.1, -0.05) is 76.1 Å². The lowest BCUT2D eigenvalue weighted by Crippen LogP contribution is -2.56. The van der Waals surface area contributed by atoms with E-state index in [0.717, 1.165) is 44.7 Å². The number of nitrogens with zero attached hydrogens (tertiary/aromatic N) is 2. The van der Waals surface area contributed by atoms with Crippen molar-refractivity contribution in [2.75, 3.05) is 24.0 Å². The number of halogens is 1. The van der Waals surface area contributed by atoms with Gasteiger partial charge in [0.05, 0.1) is 14.2 Å². The van der Waals surface area contributed by atoms with E-state index in [4.69, 9.17) is 9.47 Å². The quantitative estimate of drug-likeness (QED) is 0.225. The van der Waals surface area contributed by atoms with Crippen LogP contribution in [0.1, 0.15) is 34.6 Å². The van der Waals surface area contributed by atoms with Gasteiger partial charge in [0.15, 0.2) is 5.54 Å². The van der Waals surface area contributed by atoms with Gasteiger partial charge in [0.2, 0.25) is 0 Å². The first-order valence-electron chi connectivity index (χ1n) is 13.2. The van der Waals surface area contributed by atoms with Crippen LogP contribution in [-0.4, -0.2) is 26.4 Å². The summed E-state index contributed by atoms with van der Waals surface area (Å²) in [5.74, 6) is 0.354. The van der Waals surface area contributed by atoms with Gasteiger partial charge in [-0.25, -0.2) is 4.79 Å². The van der Waals surface area contributed by atoms with Gasteiger partial charge < -0.3 is 19.3 Å². The van der Waals surface area contributed by atoms with Gasteiger partial charge in [-0.2, -0.15) is 0 Å². The van der Waals surface area contributed by atoms with Gasteiger partial charge in [0, 0.05) is 28.3 Å². The van der Waals surface area contributed by atoms with E-state index in [9.17, 15) is 4.79 Å². The minimum absolute atomic E-state index is 0.0855. The van der Waals surface area contributed by atoms with Crippen LogP contribution in [0.15, 0.2) is 102 Å². The van der Waals surface area contributed by atoms with E-state index < -0.39 is 5.54 Å². The van der Waals surface area contributed by atoms with Crippen LogP contribution in [0.2, 0.25) is 0 Å². The van der Waals surface area contributed by atoms with Crippen LogP contribution < -0.4 is 14.5 Å². The lowest BCUT2D eigenvalue weighted by molar-refractivity contribution is -0.148. The maximum atomic E-state index is 14.3. The molecule has 2 aliphatic heterocycles. The molecule has 0 aliphatic carbocycles. The Morgan fingerprint density at radius 2 is 1.67 bits per heavy atom. The number of hydrogen-bond donors (Lipinski definition) is 0. The first-order valence-corrected chi connectivity index (χ1v) is 14.0. The fourth-order valence-corrected chi connectivity index (χ4v) is 6.74. The second kappa shape index (κ2) is 10.1. The average Bonchev–Trinajstić information content (AvgIpc) is 3.29. The molecule has 198 valence electrons. The monoisotopic (exact) mass is 582 g/mol. The van der Waals surface area contributed by atoms with Crippen molar-refractivity contribution in [1.82, 2.24) is 0 Å². The molecule has 4 aromatic rings. The lowest BCUT2D eigenvalue weighted by Gasteiger charge is -2.44. The van der Waals surface area contributed by atoms with Crippen LogP contribution >= 0.6 is 15.9 Å². The third-order valence-electron chi connectivity index (χ3n) is 8.20. The fourth-order valence-electron chi connectivity index (χ4n) is 6.48. The predicted octanol–water partition coefficient (Wildman–Crippen LogP) is 7.17. The first kappa shape index (κ1) is 25.5. The van der Waals surface area contributed by atoms with Crippen LogP contribution in [-0.2, 0) is 21.6 Å². The molecule has 3 atom stereocenters. The van der Waals surface area contributed by atoms with Gasteiger partial charge in [0.25, 0.3) is 0 Å². The van der Waals surface area contributed by atoms with Gasteiger partial charge in [-0.15, -0.1) is 0 Å². The average molecular weight is 584 g/mol. The first-order chi connectivity index (χ1) is 19.0. The summed E-state index contributed by atoms with van der Waals surface area (Å²) in [7, 11) is 3.18. The molecule has 0 aromatic heterocycles. The van der Waals surface area contributed by atoms with Crippen molar-refractivity contribution in [3.8, 4) is 5.75 Å². The Hall–Kier alpha value is -3.77. The molecule has 1 fully saturated rings. The highest BCUT2D eigenvalue weighted by Gasteiger charge is 2.64. The molecule has 0 amide bonds. The Kier molecular flexibility index (Phi) is 6.59. The fraction of sp³-hybridized carbons (Fsp3) is 0.242. The van der Waals surface area contributed by atoms with Gasteiger partial charge >= 0.3 is 5.97 Å². The molecule has 6 heteroatoms. The highest BCUT2D eigenvalue weighted by molar-refractivity contribution is 9.10. The van der Waals surface area contributed by atoms with E-state index in [1.54, 1.807) is 7.11 Å². The van der Waals surface area contributed by atoms with Crippen molar-refractivity contribution in [2.24, 2.45) is 0 Å². The number of methoxy groups -OCH3 is 2. The maximum absolute atomic E-state index is 14.3. The molecule has 5 nitrogen and oxygen atoms in total. The summed E-state index contributed by atoms with van der Waals surface area (Å²) < 4.78 is 12.4. The molecule has 0 saturated carbocycles. The lowest BCUT2D eigenvalue weighted by atomic mass is 9.73. The number of anilines is 2. The summed E-state index contributed by atoms with van der Waals surface area (Å²) in [5.41, 5.74) is 5.36. The number of benzene rings is 4. The number of hydrogen-bond acceptors (Lipinski definition) is 5. The summed E-state index contributed by atoms with van der Waals surface area (Å²) in [4.78, 5) is 19.1. The molecule has 6 rings (SSSR count). The molecular formula is C33H31BrN2O3. The van der Waals surface area contributed by atoms with E-state index in [2.05, 4.69) is 105 Å². The van der Waals surface area contributed by atoms with E-state index in [1.165, 1.54) is 12.7 Å². The van der Waals surface area contributed by atoms with Crippen molar-refractivity contribution < 1.29 is 14.3 Å². The van der Waals surface area contributed by atoms with Crippen LogP contribution in [0.4, 0.5) is 11.4 Å². The molecule has 0 unspecified atom stereocenters. The predicted molar refractivity (Wildman–Crippen MR) is 158 cm³/mol. The molecule has 39 heavy (non-hydrogen) atoms. The number of rotatable bonds is 6. The number of ether oxygens (including phenoxy) is 2. The molecular weight excluding hydrogens is 552 g/mol. The van der Waals surface area contributed by atoms with E-state index in [0.29, 0.717) is 6.54 Å². The molecule has 0 radical (unpaired) electrons. The zero-order valence-corrected chi connectivity index (χ0v) is 23.9. The Balaban J connectivity index is 1.65. The number of carbonyl (C=O) groups excluding carboxylic acids is 1. The van der Waals surface area contributed by atoms with Crippen LogP contribution in [0.3, 0.4) is 0 Å². The summed E-state index contributed by atoms with van der Waals surface area (Å²) in [6.07, 6.45) is 0.671. The number of esters is 1. The molecule has 2 heterocycles. The van der Waals surface area contributed by atoms with E-state index in [1.807, 2.05) is 24.3 Å². The highest BCUT2D eigenvalue weighted by atomic mass is 79.9. The zero-order chi connectivity index (χ0) is 27.1. The smallest absolute Gasteiger partial charge is 0.337 e. The van der Waals surface area contributed by atoms with Gasteiger partial charge in [0.1, 0.15) is 11.9 Å². The topological polar surface area (TPSA) is 42.0 Å². The molecule has 2 aliphatic rings. The third-order valence-corrected chi connectivity index (χ3v) is 8.73. The molecule has 1 saturated heterocycles. The molecule has 2 bridgehead atoms. The SMILES string of the molecule is COC(=O)[C@]1(c2ccc(C)cc2)[C@H]2C[C@@H](N(Cc3ccccc3)c3ccc(OC)cc32)N1c1ccc(Br)cc1. The third kappa shape index (κ3) is 4.09. The minimum atomic E-state index is -1.08. The molecule has 4 aromatic carbocycles. The molecule has 0 N–H and O–H groups in total. The van der Waals surface area contributed by atoms with Crippen molar-refractivity contribution in [1.29, 1.82) is 0 Å². The minimum Gasteiger partial charge on any atom is -0.497 e. The van der Waals surface area contributed by atoms with Crippen molar-refractivity contribution in [3.05, 3.63) is 124 Å². The van der Waals surface area contributed by atoms with Crippen LogP contribution in [0, 0.1) is 6.92 Å². The largest absolute Gasteiger partial charge is 0.497 e. The van der Waals surface area contributed by atoms with E-state index in [-0.39, 0.29) is 18.1 Å². The standard InChI is InChI=1S/C33H31BrN2O3/c1-22-9-11-24(12-10-22)33(32(37)39-3)29-20-31(36(33)26-15-13-25(34)14-16-26)35(21-23-7-5-4-6-8-23)30-18-17-27(38-2)19-28(29)30/h4-19,29,31H,20-21H2,1-3H3/t29-,31-,33-/m0/s1. The normalized spacial score (nSPS) is 21.4. The van der Waals surface area contributed by atoms with Gasteiger partial charge in [-0.3, -0.25) is 0 Å². The highest BCUT2D eigenvalue weighted by Crippen LogP contribution is 2.60. The molecule has 0 spiro atoms. The van der Waals surface area contributed by atoms with Crippen molar-refractivity contribution in [3.63, 3.8) is 0 Å². The Morgan fingerprint density at radius 3 is 2.33 bits per heavy atom. The second-order valence-electron chi connectivity index (χ2n) is 10.3. The zero-order valence-electron chi connectivity index (χ0n) is 22.3. The van der Waals surface area contributed by atoms with Crippen molar-refractivity contribution in [2.45, 2.75) is 37.5 Å². The Bertz CT molecular complexity index is 1490. The van der Waals surface area contributed by atoms with E-state index >= 15 is 0 Å². The van der Waals surface area contributed by atoms with Crippen molar-refractivity contribution >= 4 is 33.3 Å².